The molecule has 1 aromatic carbocycles. The maximum Gasteiger partial charge on any atom is 0.334 e. The molecule has 0 spiro atoms. The average Bonchev–Trinajstić information content (AvgIpc) is 3.47. The van der Waals surface area contributed by atoms with Crippen LogP contribution in [-0.4, -0.2) is 35.5 Å². The second kappa shape index (κ2) is 9.53. The van der Waals surface area contributed by atoms with Crippen LogP contribution in [0.1, 0.15) is 57.8 Å². The number of esters is 1. The molecule has 3 aliphatic heterocycles. The number of phenolic OH excluding ortho intramolecular Hbond substituents is 1. The zero-order valence-corrected chi connectivity index (χ0v) is 21.9. The van der Waals surface area contributed by atoms with Crippen molar-refractivity contribution in [3.05, 3.63) is 69.1 Å². The van der Waals surface area contributed by atoms with Crippen LogP contribution in [-0.2, 0) is 20.7 Å². The minimum Gasteiger partial charge on any atom is -0.507 e. The maximum absolute atomic E-state index is 12.0. The molecule has 1 aromatic heterocycles. The molecule has 0 bridgehead atoms. The summed E-state index contributed by atoms with van der Waals surface area (Å²) < 4.78 is 22.5. The van der Waals surface area contributed by atoms with Crippen molar-refractivity contribution in [1.82, 2.24) is 0 Å². The Labute approximate surface area is 216 Å². The molecular weight excluding hydrogens is 472 g/mol. The summed E-state index contributed by atoms with van der Waals surface area (Å²) in [6, 6.07) is 3.07. The zero-order valence-electron chi connectivity index (χ0n) is 21.9. The lowest BCUT2D eigenvalue weighted by atomic mass is 9.84. The topological polar surface area (TPSA) is 98.5 Å². The van der Waals surface area contributed by atoms with Crippen LogP contribution >= 0.6 is 0 Å². The second-order valence-electron chi connectivity index (χ2n) is 10.8. The number of carbonyl (C=O) groups excluding carboxylic acids is 1. The predicted octanol–water partition coefficient (Wildman–Crippen LogP) is 5.45. The summed E-state index contributed by atoms with van der Waals surface area (Å²) in [5, 5.41) is 10.5. The molecule has 196 valence electrons. The third-order valence-corrected chi connectivity index (χ3v) is 7.86. The monoisotopic (exact) mass is 506 g/mol. The third-order valence-electron chi connectivity index (χ3n) is 7.86. The van der Waals surface area contributed by atoms with Gasteiger partial charge in [0.05, 0.1) is 5.60 Å². The fourth-order valence-electron chi connectivity index (χ4n) is 5.50. The van der Waals surface area contributed by atoms with E-state index in [2.05, 4.69) is 26.5 Å². The molecule has 4 aliphatic rings. The molecule has 7 nitrogen and oxygen atoms in total. The van der Waals surface area contributed by atoms with Gasteiger partial charge in [-0.2, -0.15) is 0 Å². The molecule has 0 saturated carbocycles. The van der Waals surface area contributed by atoms with Crippen molar-refractivity contribution >= 4 is 16.9 Å². The highest BCUT2D eigenvalue weighted by Crippen LogP contribution is 2.49. The summed E-state index contributed by atoms with van der Waals surface area (Å²) in [6.07, 6.45) is 8.80. The molecule has 1 N–H and O–H groups in total. The normalized spacial score (nSPS) is 28.7. The molecule has 2 fully saturated rings. The first-order valence-corrected chi connectivity index (χ1v) is 12.9. The number of hydrogen-bond donors (Lipinski definition) is 1. The Bertz CT molecular complexity index is 1390. The van der Waals surface area contributed by atoms with Crippen molar-refractivity contribution in [3.8, 4) is 11.5 Å². The molecule has 1 aliphatic carbocycles. The lowest BCUT2D eigenvalue weighted by Gasteiger charge is -2.19. The van der Waals surface area contributed by atoms with Crippen LogP contribution in [0.15, 0.2) is 56.8 Å². The highest BCUT2D eigenvalue weighted by molar-refractivity contribution is 5.91. The molecule has 2 saturated heterocycles. The van der Waals surface area contributed by atoms with Gasteiger partial charge in [0, 0.05) is 29.2 Å². The highest BCUT2D eigenvalue weighted by atomic mass is 16.6. The van der Waals surface area contributed by atoms with Gasteiger partial charge in [0.1, 0.15) is 47.0 Å². The van der Waals surface area contributed by atoms with Crippen molar-refractivity contribution in [2.75, 3.05) is 6.61 Å². The number of rotatable bonds is 0. The second-order valence-corrected chi connectivity index (χ2v) is 10.8. The first-order valence-electron chi connectivity index (χ1n) is 12.9. The Hall–Kier alpha value is -3.32. The molecule has 4 unspecified atom stereocenters. The number of allylic oxidation sites excluding steroid dienone is 3. The van der Waals surface area contributed by atoms with Crippen LogP contribution in [0.2, 0.25) is 0 Å². The maximum atomic E-state index is 12.0. The van der Waals surface area contributed by atoms with Crippen molar-refractivity contribution < 1.29 is 28.5 Å². The molecule has 4 atom stereocenters. The van der Waals surface area contributed by atoms with Gasteiger partial charge in [0.25, 0.3) is 0 Å². The lowest BCUT2D eigenvalue weighted by molar-refractivity contribution is -0.140. The first kappa shape index (κ1) is 25.3. The van der Waals surface area contributed by atoms with E-state index in [-0.39, 0.29) is 46.3 Å². The van der Waals surface area contributed by atoms with E-state index in [1.165, 1.54) is 11.6 Å². The van der Waals surface area contributed by atoms with Gasteiger partial charge in [-0.05, 0) is 65.4 Å². The summed E-state index contributed by atoms with van der Waals surface area (Å²) in [5.41, 5.74) is 3.78. The number of benzene rings is 1. The highest BCUT2D eigenvalue weighted by Gasteiger charge is 2.61. The summed E-state index contributed by atoms with van der Waals surface area (Å²) in [7, 11) is 0. The number of fused-ring (bicyclic) bond motifs is 5. The summed E-state index contributed by atoms with van der Waals surface area (Å²) in [6.45, 7) is 12.3. The Morgan fingerprint density at radius 3 is 2.68 bits per heavy atom. The predicted molar refractivity (Wildman–Crippen MR) is 140 cm³/mol. The van der Waals surface area contributed by atoms with Crippen molar-refractivity contribution in [2.24, 2.45) is 5.92 Å². The van der Waals surface area contributed by atoms with Crippen LogP contribution in [0.4, 0.5) is 0 Å². The lowest BCUT2D eigenvalue weighted by Crippen LogP contribution is -2.28. The van der Waals surface area contributed by atoms with Gasteiger partial charge in [-0.15, -0.1) is 0 Å². The number of aromatic hydroxyl groups is 1. The fourth-order valence-corrected chi connectivity index (χ4v) is 5.50. The Balaban J connectivity index is 0.000000152. The number of carbonyl (C=O) groups is 1. The Kier molecular flexibility index (Phi) is 6.52. The molecule has 6 rings (SSSR count). The van der Waals surface area contributed by atoms with Crippen LogP contribution in [0, 0.1) is 12.8 Å². The van der Waals surface area contributed by atoms with Crippen molar-refractivity contribution in [2.45, 2.75) is 77.6 Å². The number of phenols is 1. The van der Waals surface area contributed by atoms with E-state index < -0.39 is 0 Å². The smallest absolute Gasteiger partial charge is 0.334 e. The number of ether oxygens (including phenoxy) is 3. The molecule has 0 amide bonds. The molecule has 0 radical (unpaired) electrons. The first-order chi connectivity index (χ1) is 17.6. The van der Waals surface area contributed by atoms with E-state index >= 15 is 0 Å². The molecule has 2 aromatic rings. The molecule has 7 heteroatoms. The summed E-state index contributed by atoms with van der Waals surface area (Å²) in [4.78, 5) is 23.7. The fraction of sp³-hybridized carbons (Fsp3) is 0.467. The van der Waals surface area contributed by atoms with Gasteiger partial charge in [0.2, 0.25) is 0 Å². The SMILES string of the molecule is C=C1C(=O)OC2C1CCC(C)=CCCC1(C)OC21.CC1=CCc2c(cc3oc(C)cc(=O)c3c2O)OC1. The van der Waals surface area contributed by atoms with Gasteiger partial charge < -0.3 is 23.7 Å². The van der Waals surface area contributed by atoms with Gasteiger partial charge in [-0.1, -0.05) is 24.3 Å². The van der Waals surface area contributed by atoms with Crippen LogP contribution in [0.5, 0.6) is 11.5 Å². The van der Waals surface area contributed by atoms with E-state index in [4.69, 9.17) is 18.6 Å². The van der Waals surface area contributed by atoms with E-state index in [0.717, 1.165) is 31.3 Å². The minimum absolute atomic E-state index is 0.0350. The molecule has 4 heterocycles. The van der Waals surface area contributed by atoms with Crippen molar-refractivity contribution in [1.29, 1.82) is 0 Å². The largest absolute Gasteiger partial charge is 0.507 e. The van der Waals surface area contributed by atoms with E-state index in [1.54, 1.807) is 13.0 Å². The van der Waals surface area contributed by atoms with E-state index in [1.807, 2.05) is 13.0 Å². The third kappa shape index (κ3) is 4.85. The number of aryl methyl sites for hydroxylation is 1. The van der Waals surface area contributed by atoms with Gasteiger partial charge in [-0.25, -0.2) is 4.79 Å². The van der Waals surface area contributed by atoms with Gasteiger partial charge in [-0.3, -0.25) is 4.79 Å². The van der Waals surface area contributed by atoms with Crippen LogP contribution < -0.4 is 10.2 Å². The minimum atomic E-state index is -0.233. The van der Waals surface area contributed by atoms with Crippen molar-refractivity contribution in [3.63, 3.8) is 0 Å². The van der Waals surface area contributed by atoms with E-state index in [0.29, 0.717) is 41.3 Å². The standard InChI is InChI=1S/C15H14O4.C15H20O3/c1-8-3-4-10-12(18-7-8)6-13-14(15(10)17)11(16)5-9(2)19-13;1-9-5-4-8-15(3)13(18-15)12-11(7-6-9)10(2)14(16)17-12/h3,5-6,17H,4,7H2,1-2H3;5,11-13H,2,4,6-8H2,1,3H3. The van der Waals surface area contributed by atoms with Gasteiger partial charge in [0.15, 0.2) is 5.43 Å². The zero-order chi connectivity index (χ0) is 26.5. The number of hydrogen-bond acceptors (Lipinski definition) is 7. The molecular formula is C30H34O7. The average molecular weight is 507 g/mol. The van der Waals surface area contributed by atoms with Gasteiger partial charge >= 0.3 is 5.97 Å². The number of epoxide rings is 1. The Morgan fingerprint density at radius 2 is 1.89 bits per heavy atom. The summed E-state index contributed by atoms with van der Waals surface area (Å²) in [5.74, 6) is 0.952. The van der Waals surface area contributed by atoms with Crippen LogP contribution in [0.3, 0.4) is 0 Å². The molecule has 37 heavy (non-hydrogen) atoms. The quantitative estimate of drug-likeness (QED) is 0.220. The Morgan fingerprint density at radius 1 is 1.11 bits per heavy atom. The van der Waals surface area contributed by atoms with E-state index in [9.17, 15) is 14.7 Å². The summed E-state index contributed by atoms with van der Waals surface area (Å²) >= 11 is 0. The van der Waals surface area contributed by atoms with Crippen LogP contribution in [0.25, 0.3) is 11.0 Å².